The lowest BCUT2D eigenvalue weighted by Gasteiger charge is -2.30. The molecule has 52 heavy (non-hydrogen) atoms. The molecule has 0 spiro atoms. The highest BCUT2D eigenvalue weighted by Crippen LogP contribution is 2.48. The van der Waals surface area contributed by atoms with Crippen LogP contribution in [0.2, 0.25) is 0 Å². The molecular formula is C37H43N5O8S2. The van der Waals surface area contributed by atoms with Crippen molar-refractivity contribution in [1.29, 1.82) is 0 Å². The fourth-order valence-electron chi connectivity index (χ4n) is 7.98. The van der Waals surface area contributed by atoms with Gasteiger partial charge in [-0.1, -0.05) is 25.0 Å². The average molecular weight is 750 g/mol. The number of carboxylic acids is 1. The number of nitrogens with zero attached hydrogens (tertiary/aromatic N) is 3. The van der Waals surface area contributed by atoms with E-state index in [0.29, 0.717) is 30.4 Å². The van der Waals surface area contributed by atoms with Gasteiger partial charge in [0.25, 0.3) is 5.56 Å². The van der Waals surface area contributed by atoms with Crippen molar-refractivity contribution < 1.29 is 34.1 Å². The molecule has 0 bridgehead atoms. The van der Waals surface area contributed by atoms with Crippen molar-refractivity contribution >= 4 is 46.6 Å². The van der Waals surface area contributed by atoms with Crippen LogP contribution in [0.5, 0.6) is 0 Å². The molecule has 3 aromatic heterocycles. The summed E-state index contributed by atoms with van der Waals surface area (Å²) in [5.41, 5.74) is 0.896. The molecule has 15 heteroatoms. The maximum Gasteiger partial charge on any atom is 0.408 e. The highest BCUT2D eigenvalue weighted by molar-refractivity contribution is 7.08. The fourth-order valence-corrected chi connectivity index (χ4v) is 9.28. The summed E-state index contributed by atoms with van der Waals surface area (Å²) >= 11 is 2.96. The maximum atomic E-state index is 14.5. The second kappa shape index (κ2) is 15.3. The Hall–Kier alpha value is -4.34. The number of allylic oxidation sites excluding steroid dienone is 1. The van der Waals surface area contributed by atoms with Gasteiger partial charge in [-0.25, -0.2) is 14.3 Å². The molecule has 4 aliphatic rings. The number of carbonyl (C=O) groups is 4. The molecule has 1 saturated heterocycles. The number of rotatable bonds is 7. The van der Waals surface area contributed by atoms with Crippen molar-refractivity contribution in [2.45, 2.75) is 107 Å². The van der Waals surface area contributed by atoms with Crippen molar-refractivity contribution in [2.75, 3.05) is 6.54 Å². The van der Waals surface area contributed by atoms with E-state index >= 15 is 0 Å². The van der Waals surface area contributed by atoms with Crippen molar-refractivity contribution in [1.82, 2.24) is 25.3 Å². The number of amides is 3. The number of alkyl carbamates (subject to hydrolysis) is 1. The number of nitrogens with one attached hydrogen (secondary N) is 2. The van der Waals surface area contributed by atoms with Gasteiger partial charge in [0.1, 0.15) is 18.2 Å². The molecule has 3 fully saturated rings. The zero-order valence-corrected chi connectivity index (χ0v) is 30.3. The van der Waals surface area contributed by atoms with Gasteiger partial charge in [-0.2, -0.15) is 27.8 Å². The Bertz CT molecular complexity index is 1870. The molecular weight excluding hydrogens is 707 g/mol. The number of aliphatic carboxylic acids is 1. The summed E-state index contributed by atoms with van der Waals surface area (Å²) in [4.78, 5) is 69.7. The standard InChI is InChI=1S/C37H43N5O8S2/c43-31(35(47)48)37-17-24(37)8-4-2-1-3-5-11-28(39-36(49)50-26-9-6-7-10-26)33(45)41-19-25(16-29(41)32(44)40-37)42-34(46)30(23-13-15-52-21-23)27(18-38-42)22-12-14-51-20-22/h4,8,12-15,18,20-21,24-26,28-29,31,43H,1-3,5-7,9-11,16-17,19H2,(H,39,49)(H,40,44)(H,47,48)/t24-,25-,28-,29+,31?,37-/m1/s1. The molecule has 276 valence electrons. The van der Waals surface area contributed by atoms with Gasteiger partial charge >= 0.3 is 12.1 Å². The van der Waals surface area contributed by atoms with Crippen LogP contribution < -0.4 is 16.2 Å². The van der Waals surface area contributed by atoms with Crippen LogP contribution in [0, 0.1) is 5.92 Å². The minimum atomic E-state index is -1.87. The van der Waals surface area contributed by atoms with E-state index in [9.17, 15) is 34.2 Å². The van der Waals surface area contributed by atoms with Gasteiger partial charge in [0, 0.05) is 24.4 Å². The Morgan fingerprint density at radius 3 is 2.46 bits per heavy atom. The van der Waals surface area contributed by atoms with Crippen LogP contribution in [-0.2, 0) is 19.1 Å². The predicted molar refractivity (Wildman–Crippen MR) is 195 cm³/mol. The number of carbonyl (C=O) groups excluding carboxylic acids is 3. The number of aliphatic hydroxyl groups excluding tert-OH is 1. The highest BCUT2D eigenvalue weighted by Gasteiger charge is 2.62. The third kappa shape index (κ3) is 7.30. The Kier molecular flexibility index (Phi) is 10.6. The first-order valence-corrected chi connectivity index (χ1v) is 19.9. The van der Waals surface area contributed by atoms with Crippen LogP contribution in [0.3, 0.4) is 0 Å². The van der Waals surface area contributed by atoms with E-state index in [1.165, 1.54) is 32.3 Å². The largest absolute Gasteiger partial charge is 0.479 e. The first-order valence-electron chi connectivity index (χ1n) is 18.0. The molecule has 6 atom stereocenters. The molecule has 7 rings (SSSR count). The van der Waals surface area contributed by atoms with Gasteiger partial charge in [-0.05, 0) is 96.1 Å². The van der Waals surface area contributed by atoms with Crippen molar-refractivity contribution in [3.05, 3.63) is 62.4 Å². The summed E-state index contributed by atoms with van der Waals surface area (Å²) in [6.45, 7) is -0.0572. The molecule has 2 aliphatic heterocycles. The van der Waals surface area contributed by atoms with E-state index in [1.54, 1.807) is 6.20 Å². The monoisotopic (exact) mass is 749 g/mol. The number of hydrogen-bond donors (Lipinski definition) is 4. The molecule has 13 nitrogen and oxygen atoms in total. The second-order valence-corrected chi connectivity index (χ2v) is 15.8. The number of aliphatic hydroxyl groups is 1. The second-order valence-electron chi connectivity index (χ2n) is 14.3. The Morgan fingerprint density at radius 2 is 1.75 bits per heavy atom. The van der Waals surface area contributed by atoms with E-state index < -0.39 is 59.6 Å². The van der Waals surface area contributed by atoms with Gasteiger partial charge in [-0.3, -0.25) is 14.4 Å². The molecule has 0 aromatic carbocycles. The molecule has 4 N–H and O–H groups in total. The Labute approximate surface area is 308 Å². The van der Waals surface area contributed by atoms with Gasteiger partial charge in [-0.15, -0.1) is 0 Å². The van der Waals surface area contributed by atoms with Gasteiger partial charge in [0.05, 0.1) is 23.3 Å². The average Bonchev–Trinajstić information content (AvgIpc) is 3.81. The minimum absolute atomic E-state index is 0.00431. The van der Waals surface area contributed by atoms with Crippen molar-refractivity contribution in [3.8, 4) is 22.3 Å². The first kappa shape index (κ1) is 36.0. The van der Waals surface area contributed by atoms with Crippen LogP contribution in [-0.4, -0.2) is 85.1 Å². The zero-order chi connectivity index (χ0) is 36.4. The summed E-state index contributed by atoms with van der Waals surface area (Å²) in [5.74, 6) is -3.01. The van der Waals surface area contributed by atoms with Gasteiger partial charge in [0.15, 0.2) is 6.10 Å². The van der Waals surface area contributed by atoms with E-state index in [2.05, 4.69) is 15.7 Å². The first-order chi connectivity index (χ1) is 25.2. The van der Waals surface area contributed by atoms with Gasteiger partial charge < -0.3 is 30.5 Å². The number of fused-ring (bicyclic) bond motifs is 2. The van der Waals surface area contributed by atoms with Crippen molar-refractivity contribution in [2.24, 2.45) is 5.92 Å². The Balaban J connectivity index is 1.24. The summed E-state index contributed by atoms with van der Waals surface area (Å²) in [7, 11) is 0. The molecule has 2 aliphatic carbocycles. The molecule has 5 heterocycles. The third-order valence-electron chi connectivity index (χ3n) is 10.9. The highest BCUT2D eigenvalue weighted by atomic mass is 32.1. The number of ether oxygens (including phenoxy) is 1. The van der Waals surface area contributed by atoms with Crippen LogP contribution in [0.4, 0.5) is 4.79 Å². The summed E-state index contributed by atoms with van der Waals surface area (Å²) < 4.78 is 6.98. The SMILES string of the molecule is O=C(N[C@@H]1CCCCCC=C[C@@H]2C[C@@]2(C(O)C(=O)O)NC(=O)[C@@H]2C[C@@H](n3ncc(-c4ccsc4)c(-c4ccsc4)c3=O)CN2C1=O)OC1CCCC1. The molecule has 2 saturated carbocycles. The third-order valence-corrected chi connectivity index (χ3v) is 12.3. The van der Waals surface area contributed by atoms with Crippen LogP contribution in [0.1, 0.15) is 76.7 Å². The summed E-state index contributed by atoms with van der Waals surface area (Å²) in [5, 5.41) is 38.5. The number of aromatic nitrogens is 2. The normalized spacial score (nSPS) is 27.5. The Morgan fingerprint density at radius 1 is 1.02 bits per heavy atom. The quantitative estimate of drug-likeness (QED) is 0.249. The molecule has 3 aromatic rings. The van der Waals surface area contributed by atoms with Crippen LogP contribution in [0.15, 0.2) is 56.8 Å². The fraction of sp³-hybridized carbons (Fsp3) is 0.514. The number of thiophene rings is 2. The predicted octanol–water partition coefficient (Wildman–Crippen LogP) is 4.72. The lowest BCUT2D eigenvalue weighted by molar-refractivity contribution is -0.150. The minimum Gasteiger partial charge on any atom is -0.479 e. The van der Waals surface area contributed by atoms with Crippen molar-refractivity contribution in [3.63, 3.8) is 0 Å². The molecule has 1 unspecified atom stereocenters. The van der Waals surface area contributed by atoms with E-state index in [1.807, 2.05) is 45.8 Å². The smallest absolute Gasteiger partial charge is 0.408 e. The summed E-state index contributed by atoms with van der Waals surface area (Å²) in [6.07, 6.45) is 9.56. The number of carboxylic acid groups (broad SMARTS) is 1. The lowest BCUT2D eigenvalue weighted by atomic mass is 10.0. The number of hydrogen-bond acceptors (Lipinski definition) is 10. The summed E-state index contributed by atoms with van der Waals surface area (Å²) in [6, 6.07) is 0.926. The molecule has 3 amide bonds. The zero-order valence-electron chi connectivity index (χ0n) is 28.6. The van der Waals surface area contributed by atoms with Gasteiger partial charge in [0.2, 0.25) is 11.8 Å². The van der Waals surface area contributed by atoms with E-state index in [0.717, 1.165) is 49.7 Å². The molecule has 0 radical (unpaired) electrons. The van der Waals surface area contributed by atoms with E-state index in [4.69, 9.17) is 4.74 Å². The van der Waals surface area contributed by atoms with Crippen LogP contribution in [0.25, 0.3) is 22.3 Å². The van der Waals surface area contributed by atoms with E-state index in [-0.39, 0.29) is 31.0 Å². The maximum absolute atomic E-state index is 14.5. The topological polar surface area (TPSA) is 180 Å². The van der Waals surface area contributed by atoms with Crippen LogP contribution >= 0.6 is 22.7 Å². The lowest BCUT2D eigenvalue weighted by Crippen LogP contribution is -2.58.